The lowest BCUT2D eigenvalue weighted by Gasteiger charge is -2.10. The third-order valence-corrected chi connectivity index (χ3v) is 4.22. The number of hydrogen-bond acceptors (Lipinski definition) is 2. The average molecular weight is 381 g/mol. The molecule has 0 atom stereocenters. The zero-order valence-corrected chi connectivity index (χ0v) is 14.6. The van der Waals surface area contributed by atoms with Crippen LogP contribution in [0, 0.1) is 0 Å². The highest BCUT2D eigenvalue weighted by Gasteiger charge is 2.04. The molecule has 0 heterocycles. The second kappa shape index (κ2) is 7.79. The summed E-state index contributed by atoms with van der Waals surface area (Å²) < 4.78 is 1.00. The summed E-state index contributed by atoms with van der Waals surface area (Å²) in [4.78, 5) is 12.1. The van der Waals surface area contributed by atoms with Crippen LogP contribution < -0.4 is 10.6 Å². The van der Waals surface area contributed by atoms with Crippen LogP contribution in [0.25, 0.3) is 0 Å². The van der Waals surface area contributed by atoms with Crippen molar-refractivity contribution in [2.75, 3.05) is 10.6 Å². The van der Waals surface area contributed by atoms with Gasteiger partial charge in [0.25, 0.3) is 0 Å². The number of hydrogen-bond donors (Lipinski definition) is 2. The topological polar surface area (TPSA) is 41.1 Å². The minimum atomic E-state index is -0.0206. The summed E-state index contributed by atoms with van der Waals surface area (Å²) in [6.45, 7) is 0. The SMILES string of the molecule is O=C(Cc1ccccc1)Nc1ccc(Nc2ccccc2Br)cc1. The van der Waals surface area contributed by atoms with Gasteiger partial charge in [-0.05, 0) is 57.9 Å². The maximum absolute atomic E-state index is 12.1. The average Bonchev–Trinajstić information content (AvgIpc) is 2.59. The van der Waals surface area contributed by atoms with Gasteiger partial charge in [-0.2, -0.15) is 0 Å². The molecular formula is C20H17BrN2O. The van der Waals surface area contributed by atoms with Gasteiger partial charge in [0, 0.05) is 15.8 Å². The fourth-order valence-corrected chi connectivity index (χ4v) is 2.73. The van der Waals surface area contributed by atoms with Crippen LogP contribution in [0.1, 0.15) is 5.56 Å². The minimum absolute atomic E-state index is 0.0206. The largest absolute Gasteiger partial charge is 0.355 e. The quantitative estimate of drug-likeness (QED) is 0.624. The van der Waals surface area contributed by atoms with Gasteiger partial charge in [-0.15, -0.1) is 0 Å². The van der Waals surface area contributed by atoms with Crippen molar-refractivity contribution in [3.8, 4) is 0 Å². The maximum Gasteiger partial charge on any atom is 0.228 e. The highest BCUT2D eigenvalue weighted by molar-refractivity contribution is 9.10. The van der Waals surface area contributed by atoms with Gasteiger partial charge in [0.2, 0.25) is 5.91 Å². The molecule has 0 aliphatic heterocycles. The zero-order valence-electron chi connectivity index (χ0n) is 13.0. The van der Waals surface area contributed by atoms with Crippen LogP contribution >= 0.6 is 15.9 Å². The normalized spacial score (nSPS) is 10.2. The lowest BCUT2D eigenvalue weighted by molar-refractivity contribution is -0.115. The summed E-state index contributed by atoms with van der Waals surface area (Å²) in [5.74, 6) is -0.0206. The van der Waals surface area contributed by atoms with E-state index in [1.807, 2.05) is 78.9 Å². The van der Waals surface area contributed by atoms with E-state index in [0.29, 0.717) is 6.42 Å². The number of nitrogens with one attached hydrogen (secondary N) is 2. The maximum atomic E-state index is 12.1. The Kier molecular flexibility index (Phi) is 5.29. The van der Waals surface area contributed by atoms with E-state index in [4.69, 9.17) is 0 Å². The molecule has 24 heavy (non-hydrogen) atoms. The van der Waals surface area contributed by atoms with E-state index in [9.17, 15) is 4.79 Å². The molecule has 0 aliphatic carbocycles. The molecule has 0 aromatic heterocycles. The van der Waals surface area contributed by atoms with Gasteiger partial charge < -0.3 is 10.6 Å². The van der Waals surface area contributed by atoms with E-state index in [1.54, 1.807) is 0 Å². The molecule has 3 aromatic carbocycles. The van der Waals surface area contributed by atoms with Crippen LogP contribution in [0.5, 0.6) is 0 Å². The number of carbonyl (C=O) groups is 1. The molecule has 0 unspecified atom stereocenters. The van der Waals surface area contributed by atoms with Crippen molar-refractivity contribution >= 4 is 38.9 Å². The third-order valence-electron chi connectivity index (χ3n) is 3.53. The summed E-state index contributed by atoms with van der Waals surface area (Å²) in [5, 5.41) is 6.25. The number of carbonyl (C=O) groups excluding carboxylic acids is 1. The van der Waals surface area contributed by atoms with E-state index < -0.39 is 0 Å². The van der Waals surface area contributed by atoms with E-state index in [0.717, 1.165) is 27.1 Å². The molecule has 0 fully saturated rings. The van der Waals surface area contributed by atoms with Crippen LogP contribution in [0.15, 0.2) is 83.3 Å². The van der Waals surface area contributed by atoms with E-state index in [-0.39, 0.29) is 5.91 Å². The highest BCUT2D eigenvalue weighted by Crippen LogP contribution is 2.25. The molecule has 0 saturated carbocycles. The highest BCUT2D eigenvalue weighted by atomic mass is 79.9. The Morgan fingerprint density at radius 3 is 2.12 bits per heavy atom. The summed E-state index contributed by atoms with van der Waals surface area (Å²) in [7, 11) is 0. The van der Waals surface area contributed by atoms with Gasteiger partial charge in [-0.1, -0.05) is 42.5 Å². The Balaban J connectivity index is 1.60. The van der Waals surface area contributed by atoms with Crippen LogP contribution in [0.3, 0.4) is 0 Å². The van der Waals surface area contributed by atoms with Crippen molar-refractivity contribution in [2.24, 2.45) is 0 Å². The fraction of sp³-hybridized carbons (Fsp3) is 0.0500. The number of amides is 1. The second-order valence-corrected chi connectivity index (χ2v) is 6.25. The Labute approximate surface area is 149 Å². The van der Waals surface area contributed by atoms with Gasteiger partial charge in [0.15, 0.2) is 0 Å². The standard InChI is InChI=1S/C20H17BrN2O/c21-18-8-4-5-9-19(18)22-16-10-12-17(13-11-16)23-20(24)14-15-6-2-1-3-7-15/h1-13,22H,14H2,(H,23,24). The van der Waals surface area contributed by atoms with Crippen molar-refractivity contribution < 1.29 is 4.79 Å². The molecule has 4 heteroatoms. The smallest absolute Gasteiger partial charge is 0.228 e. The molecule has 0 aliphatic rings. The lowest BCUT2D eigenvalue weighted by atomic mass is 10.1. The van der Waals surface area contributed by atoms with Crippen molar-refractivity contribution in [1.82, 2.24) is 0 Å². The number of rotatable bonds is 5. The summed E-state index contributed by atoms with van der Waals surface area (Å²) >= 11 is 3.51. The number of benzene rings is 3. The van der Waals surface area contributed by atoms with Crippen LogP contribution in [0.2, 0.25) is 0 Å². The summed E-state index contributed by atoms with van der Waals surface area (Å²) in [6.07, 6.45) is 0.373. The van der Waals surface area contributed by atoms with Gasteiger partial charge in [0.1, 0.15) is 0 Å². The predicted octanol–water partition coefficient (Wildman–Crippen LogP) is 5.37. The summed E-state index contributed by atoms with van der Waals surface area (Å²) in [5.41, 5.74) is 3.75. The molecule has 1 amide bonds. The molecule has 0 radical (unpaired) electrons. The van der Waals surface area contributed by atoms with Crippen LogP contribution in [-0.2, 0) is 11.2 Å². The molecule has 120 valence electrons. The minimum Gasteiger partial charge on any atom is -0.355 e. The molecule has 0 bridgehead atoms. The zero-order chi connectivity index (χ0) is 16.8. The van der Waals surface area contributed by atoms with Gasteiger partial charge in [-0.25, -0.2) is 0 Å². The molecule has 3 aromatic rings. The van der Waals surface area contributed by atoms with Gasteiger partial charge in [0.05, 0.1) is 12.1 Å². The molecule has 3 nitrogen and oxygen atoms in total. The van der Waals surface area contributed by atoms with E-state index >= 15 is 0 Å². The molecule has 0 saturated heterocycles. The van der Waals surface area contributed by atoms with Gasteiger partial charge >= 0.3 is 0 Å². The van der Waals surface area contributed by atoms with Crippen molar-refractivity contribution in [2.45, 2.75) is 6.42 Å². The molecule has 0 spiro atoms. The Morgan fingerprint density at radius 2 is 1.42 bits per heavy atom. The molecular weight excluding hydrogens is 364 g/mol. The first kappa shape index (κ1) is 16.3. The third kappa shape index (κ3) is 4.46. The second-order valence-electron chi connectivity index (χ2n) is 5.39. The first-order valence-corrected chi connectivity index (χ1v) is 8.45. The van der Waals surface area contributed by atoms with Gasteiger partial charge in [-0.3, -0.25) is 4.79 Å². The van der Waals surface area contributed by atoms with Crippen LogP contribution in [-0.4, -0.2) is 5.91 Å². The Hall–Kier alpha value is -2.59. The van der Waals surface area contributed by atoms with Crippen molar-refractivity contribution in [1.29, 1.82) is 0 Å². The van der Waals surface area contributed by atoms with E-state index in [2.05, 4.69) is 26.6 Å². The first-order valence-electron chi connectivity index (χ1n) is 7.66. The predicted molar refractivity (Wildman–Crippen MR) is 103 cm³/mol. The molecule has 2 N–H and O–H groups in total. The van der Waals surface area contributed by atoms with Crippen LogP contribution in [0.4, 0.5) is 17.1 Å². The monoisotopic (exact) mass is 380 g/mol. The fourth-order valence-electron chi connectivity index (χ4n) is 2.34. The van der Waals surface area contributed by atoms with Crippen molar-refractivity contribution in [3.05, 3.63) is 88.9 Å². The van der Waals surface area contributed by atoms with Crippen molar-refractivity contribution in [3.63, 3.8) is 0 Å². The number of halogens is 1. The summed E-state index contributed by atoms with van der Waals surface area (Å²) in [6, 6.07) is 25.3. The lowest BCUT2D eigenvalue weighted by Crippen LogP contribution is -2.14. The molecule has 3 rings (SSSR count). The first-order chi connectivity index (χ1) is 11.7. The van der Waals surface area contributed by atoms with E-state index in [1.165, 1.54) is 0 Å². The Bertz CT molecular complexity index is 817. The number of para-hydroxylation sites is 1. The number of anilines is 3. The Morgan fingerprint density at radius 1 is 0.792 bits per heavy atom.